The molecule has 0 unspecified atom stereocenters. The Hall–Kier alpha value is -8.02. The molecule has 0 aromatic heterocycles. The highest BCUT2D eigenvalue weighted by Crippen LogP contribution is 2.46. The summed E-state index contributed by atoms with van der Waals surface area (Å²) in [6.45, 7) is 14.3. The Kier molecular flexibility index (Phi) is 45.6. The van der Waals surface area contributed by atoms with Crippen LogP contribution in [0.2, 0.25) is 0 Å². The van der Waals surface area contributed by atoms with E-state index in [2.05, 4.69) is 75.6 Å². The Morgan fingerprint density at radius 2 is 0.606 bits per heavy atom. The minimum absolute atomic E-state index is 0.0431. The van der Waals surface area contributed by atoms with Gasteiger partial charge in [-0.2, -0.15) is 13.2 Å². The third-order valence-electron chi connectivity index (χ3n) is 12.7. The van der Waals surface area contributed by atoms with Gasteiger partial charge in [0, 0.05) is 74.6 Å². The number of alkyl halides is 3. The fourth-order valence-corrected chi connectivity index (χ4v) is 8.96. The Balaban J connectivity index is 0. The maximum absolute atomic E-state index is 13.8. The Bertz CT molecular complexity index is 2920. The number of carbonyl (C=O) groups excluding carboxylic acids is 2. The lowest BCUT2D eigenvalue weighted by Gasteiger charge is -2.33. The molecular weight excluding hydrogens is 1240 g/mol. The summed E-state index contributed by atoms with van der Waals surface area (Å²) < 4.78 is 128. The lowest BCUT2D eigenvalue weighted by molar-refractivity contribution is -0.173. The summed E-state index contributed by atoms with van der Waals surface area (Å²) in [6.07, 6.45) is -4.43. The number of methoxy groups -OCH3 is 12. The largest absolute Gasteiger partial charge is 0.497 e. The third kappa shape index (κ3) is 34.2. The van der Waals surface area contributed by atoms with E-state index in [9.17, 15) is 31.2 Å². The summed E-state index contributed by atoms with van der Waals surface area (Å²) in [7, 11) is 19.0. The molecule has 0 spiro atoms. The van der Waals surface area contributed by atoms with Gasteiger partial charge in [-0.25, -0.2) is 8.42 Å². The van der Waals surface area contributed by atoms with Gasteiger partial charge in [-0.15, -0.1) is 0 Å². The Labute approximate surface area is 557 Å². The van der Waals surface area contributed by atoms with E-state index in [-0.39, 0.29) is 44.1 Å². The molecule has 522 valence electrons. The minimum atomic E-state index is -4.43. The maximum Gasteiger partial charge on any atom is 0.402 e. The summed E-state index contributed by atoms with van der Waals surface area (Å²) in [5.74, 6) is 3.48. The SMILES string of the molecule is CC(=O)COC(C)=O.COC.COC.COCC(C)(C)COC.COCOC.COc1ccc(C(C)(C)c2ccc(OC)cc2)cc1.COc1ccc(C(C)(c2ccc(OC)cc2)C(F)(F)F)cc1.COc1ccc(S(=O)(=O)c2ccc(OC)cc2)cc1.c1ccccc1. The maximum atomic E-state index is 13.8. The minimum Gasteiger partial charge on any atom is -0.497 e. The average Bonchev–Trinajstić information content (AvgIpc) is 0.763. The Morgan fingerprint density at radius 1 is 0.372 bits per heavy atom. The first kappa shape index (κ1) is 88.0. The number of sulfone groups is 1. The number of hydrogen-bond donors (Lipinski definition) is 0. The van der Waals surface area contributed by atoms with E-state index >= 15 is 0 Å². The molecule has 0 aliphatic carbocycles. The molecule has 0 aliphatic heterocycles. The average molecular weight is 1340 g/mol. The number of ether oxygens (including phenoxy) is 13. The normalized spacial score (nSPS) is 10.5. The van der Waals surface area contributed by atoms with Crippen LogP contribution in [0, 0.1) is 5.41 Å². The van der Waals surface area contributed by atoms with E-state index in [4.69, 9.17) is 37.9 Å². The number of rotatable bonds is 20. The number of benzene rings is 7. The molecule has 0 atom stereocenters. The van der Waals surface area contributed by atoms with Crippen LogP contribution in [-0.4, -0.2) is 152 Å². The van der Waals surface area contributed by atoms with Gasteiger partial charge in [0.25, 0.3) is 0 Å². The van der Waals surface area contributed by atoms with Crippen molar-refractivity contribution in [2.24, 2.45) is 5.41 Å². The predicted molar refractivity (Wildman–Crippen MR) is 364 cm³/mol. The summed E-state index contributed by atoms with van der Waals surface area (Å²) >= 11 is 0. The molecule has 7 aromatic carbocycles. The predicted octanol–water partition coefficient (Wildman–Crippen LogP) is 15.0. The van der Waals surface area contributed by atoms with Crippen LogP contribution in [0.3, 0.4) is 0 Å². The lowest BCUT2D eigenvalue weighted by atomic mass is 9.75. The highest BCUT2D eigenvalue weighted by molar-refractivity contribution is 7.91. The summed E-state index contributed by atoms with van der Waals surface area (Å²) in [4.78, 5) is 20.5. The van der Waals surface area contributed by atoms with Crippen molar-refractivity contribution in [3.05, 3.63) is 204 Å². The second-order valence-corrected chi connectivity index (χ2v) is 23.1. The van der Waals surface area contributed by atoms with Gasteiger partial charge >= 0.3 is 12.1 Å². The molecule has 0 N–H and O–H groups in total. The number of ketones is 1. The van der Waals surface area contributed by atoms with E-state index in [1.165, 1.54) is 133 Å². The molecule has 7 aromatic rings. The van der Waals surface area contributed by atoms with Gasteiger partial charge in [0.2, 0.25) is 9.84 Å². The molecule has 7 rings (SSSR count). The van der Waals surface area contributed by atoms with Crippen molar-refractivity contribution in [3.63, 3.8) is 0 Å². The second-order valence-electron chi connectivity index (χ2n) is 21.2. The van der Waals surface area contributed by atoms with Crippen molar-refractivity contribution in [1.82, 2.24) is 0 Å². The van der Waals surface area contributed by atoms with Crippen LogP contribution < -0.4 is 28.4 Å². The van der Waals surface area contributed by atoms with Crippen molar-refractivity contribution in [2.45, 2.75) is 75.3 Å². The first-order chi connectivity index (χ1) is 44.5. The fourth-order valence-electron chi connectivity index (χ4n) is 7.70. The van der Waals surface area contributed by atoms with E-state index in [0.717, 1.165) is 24.7 Å². The molecular formula is C73H101F3O17S. The molecule has 94 heavy (non-hydrogen) atoms. The van der Waals surface area contributed by atoms with Crippen molar-refractivity contribution in [3.8, 4) is 34.5 Å². The van der Waals surface area contributed by atoms with Crippen LogP contribution >= 0.6 is 0 Å². The van der Waals surface area contributed by atoms with Crippen molar-refractivity contribution >= 4 is 21.6 Å². The number of halogens is 3. The summed E-state index contributed by atoms with van der Waals surface area (Å²) in [6, 6.07) is 52.9. The molecule has 0 radical (unpaired) electrons. The highest BCUT2D eigenvalue weighted by atomic mass is 32.2. The van der Waals surface area contributed by atoms with E-state index < -0.39 is 27.4 Å². The van der Waals surface area contributed by atoms with Gasteiger partial charge in [-0.3, -0.25) is 9.59 Å². The molecule has 21 heteroatoms. The van der Waals surface area contributed by atoms with Crippen LogP contribution in [0.25, 0.3) is 0 Å². The molecule has 0 bridgehead atoms. The topological polar surface area (TPSA) is 188 Å². The van der Waals surface area contributed by atoms with Crippen LogP contribution in [0.15, 0.2) is 192 Å². The first-order valence-electron chi connectivity index (χ1n) is 29.0. The highest BCUT2D eigenvalue weighted by Gasteiger charge is 2.53. The van der Waals surface area contributed by atoms with E-state index in [1.807, 2.05) is 60.7 Å². The number of hydrogen-bond acceptors (Lipinski definition) is 17. The van der Waals surface area contributed by atoms with Gasteiger partial charge in [0.05, 0.1) is 65.7 Å². The van der Waals surface area contributed by atoms with Gasteiger partial charge in [0.15, 0.2) is 5.78 Å². The lowest BCUT2D eigenvalue weighted by Crippen LogP contribution is -2.40. The van der Waals surface area contributed by atoms with Crippen LogP contribution in [0.5, 0.6) is 34.5 Å². The van der Waals surface area contributed by atoms with Crippen molar-refractivity contribution < 1.29 is 92.8 Å². The smallest absolute Gasteiger partial charge is 0.402 e. The molecule has 0 saturated carbocycles. The van der Waals surface area contributed by atoms with Gasteiger partial charge in [-0.1, -0.05) is 113 Å². The quantitative estimate of drug-likeness (QED) is 0.0517. The number of carbonyl (C=O) groups is 2. The summed E-state index contributed by atoms with van der Waals surface area (Å²) in [5.41, 5.74) is 0.849. The van der Waals surface area contributed by atoms with E-state index in [0.29, 0.717) is 29.8 Å². The van der Waals surface area contributed by atoms with Gasteiger partial charge in [-0.05, 0) is 133 Å². The van der Waals surface area contributed by atoms with Crippen LogP contribution in [0.1, 0.15) is 70.7 Å². The molecule has 0 saturated heterocycles. The molecule has 0 amide bonds. The van der Waals surface area contributed by atoms with Gasteiger partial charge < -0.3 is 61.6 Å². The molecule has 0 heterocycles. The zero-order chi connectivity index (χ0) is 71.8. The monoisotopic (exact) mass is 1340 g/mol. The summed E-state index contributed by atoms with van der Waals surface area (Å²) in [5, 5.41) is 0. The van der Waals surface area contributed by atoms with Gasteiger partial charge in [0.1, 0.15) is 53.3 Å². The van der Waals surface area contributed by atoms with Crippen molar-refractivity contribution in [2.75, 3.05) is 126 Å². The standard InChI is InChI=1S/C17H17F3O2.C17H20O2.C14H14O4S.C7H16O2.C6H6.C5H8O3.C3H8O2.2C2H6O/c1-16(17(18,19)20,12-4-8-14(21-2)9-5-12)13-6-10-15(22-3)11-7-13;1-17(2,13-5-9-15(18-3)10-6-13)14-7-11-16(19-4)12-8-14;1-17-11-3-7-13(8-4-11)19(15,16)14-9-5-12(18-2)6-10-14;1-7(2,5-8-3)6-9-4;1-2-4-6-5-3-1;1-4(6)3-8-5(2)7;1-4-3-5-2;2*1-3-2/h4-11H,1-3H3;5-12H,1-4H3;3-10H,1-2H3;5-6H2,1-4H3;1-6H;3H2,1-2H3;3H2,1-2H3;2*1-2H3. The second kappa shape index (κ2) is 48.7. The first-order valence-corrected chi connectivity index (χ1v) is 30.5. The van der Waals surface area contributed by atoms with E-state index in [1.54, 1.807) is 95.4 Å². The van der Waals surface area contributed by atoms with Crippen LogP contribution in [-0.2, 0) is 63.4 Å². The molecule has 0 fully saturated rings. The van der Waals surface area contributed by atoms with Crippen LogP contribution in [0.4, 0.5) is 13.2 Å². The zero-order valence-corrected chi connectivity index (χ0v) is 59.4. The Morgan fingerprint density at radius 3 is 0.777 bits per heavy atom. The fraction of sp³-hybridized carbons (Fsp3) is 0.397. The molecule has 0 aliphatic rings. The van der Waals surface area contributed by atoms with Crippen molar-refractivity contribution in [1.29, 1.82) is 0 Å². The zero-order valence-electron chi connectivity index (χ0n) is 58.6. The molecule has 17 nitrogen and oxygen atoms in total. The number of Topliss-reactive ketones (excluding diaryl/α,β-unsaturated/α-hetero) is 1. The number of esters is 1. The third-order valence-corrected chi connectivity index (χ3v) is 14.5.